The summed E-state index contributed by atoms with van der Waals surface area (Å²) in [6.45, 7) is 10.3. The molecule has 1 aliphatic carbocycles. The lowest BCUT2D eigenvalue weighted by Crippen LogP contribution is -2.45. The number of nitrogens with one attached hydrogen (secondary N) is 2. The topological polar surface area (TPSA) is 67.1 Å². The minimum Gasteiger partial charge on any atom is -0.357 e. The van der Waals surface area contributed by atoms with Crippen molar-refractivity contribution in [2.45, 2.75) is 66.0 Å². The Kier molecular flexibility index (Phi) is 9.39. The molecule has 2 aromatic rings. The van der Waals surface area contributed by atoms with Gasteiger partial charge >= 0.3 is 0 Å². The molecule has 1 aliphatic rings. The summed E-state index contributed by atoms with van der Waals surface area (Å²) in [6.07, 6.45) is 10.7. The first-order chi connectivity index (χ1) is 13.6. The third-order valence-electron chi connectivity index (χ3n) is 5.70. The van der Waals surface area contributed by atoms with Gasteiger partial charge in [-0.05, 0) is 63.0 Å². The van der Waals surface area contributed by atoms with E-state index in [0.717, 1.165) is 41.5 Å². The zero-order valence-electron chi connectivity index (χ0n) is 18.1. The molecule has 1 saturated carbocycles. The van der Waals surface area contributed by atoms with Gasteiger partial charge < -0.3 is 10.6 Å². The lowest BCUT2D eigenvalue weighted by molar-refractivity contribution is 0.250. The maximum atomic E-state index is 4.78. The zero-order valence-corrected chi connectivity index (χ0v) is 20.4. The van der Waals surface area contributed by atoms with Gasteiger partial charge in [0.15, 0.2) is 5.96 Å². The van der Waals surface area contributed by atoms with E-state index in [4.69, 9.17) is 4.99 Å². The Balaban J connectivity index is 0.00000300. The maximum absolute atomic E-state index is 4.78. The summed E-state index contributed by atoms with van der Waals surface area (Å²) in [5.41, 5.74) is 1.10. The number of rotatable bonds is 6. The number of guanidine groups is 1. The monoisotopic (exact) mass is 510 g/mol. The summed E-state index contributed by atoms with van der Waals surface area (Å²) in [5.74, 6) is 4.40. The van der Waals surface area contributed by atoms with Crippen LogP contribution in [0.3, 0.4) is 0 Å². The Labute approximate surface area is 192 Å². The highest BCUT2D eigenvalue weighted by atomic mass is 127. The summed E-state index contributed by atoms with van der Waals surface area (Å²) in [7, 11) is 0. The quantitative estimate of drug-likeness (QED) is 0.342. The lowest BCUT2D eigenvalue weighted by atomic mass is 9.80. The van der Waals surface area contributed by atoms with Gasteiger partial charge in [-0.2, -0.15) is 0 Å². The van der Waals surface area contributed by atoms with E-state index in [9.17, 15) is 0 Å². The fourth-order valence-corrected chi connectivity index (χ4v) is 3.89. The summed E-state index contributed by atoms with van der Waals surface area (Å²) in [5, 5.41) is 7.02. The van der Waals surface area contributed by atoms with Crippen LogP contribution in [0.2, 0.25) is 0 Å². The first-order valence-electron chi connectivity index (χ1n) is 10.6. The van der Waals surface area contributed by atoms with Crippen molar-refractivity contribution >= 4 is 29.9 Å². The highest BCUT2D eigenvalue weighted by Gasteiger charge is 2.23. The third kappa shape index (κ3) is 6.69. The normalized spacial score (nSPS) is 19.7. The Morgan fingerprint density at radius 2 is 1.97 bits per heavy atom. The van der Waals surface area contributed by atoms with E-state index in [-0.39, 0.29) is 24.0 Å². The molecule has 29 heavy (non-hydrogen) atoms. The van der Waals surface area contributed by atoms with Crippen molar-refractivity contribution in [3.8, 4) is 5.82 Å². The SMILES string of the molecule is CCNC(=NCc1ccc(-n2ccnc2C)nc1)NC1CCC(C(C)C)CC1.I. The van der Waals surface area contributed by atoms with Gasteiger partial charge in [-0.15, -0.1) is 24.0 Å². The Morgan fingerprint density at radius 1 is 1.21 bits per heavy atom. The highest BCUT2D eigenvalue weighted by molar-refractivity contribution is 14.0. The van der Waals surface area contributed by atoms with Crippen LogP contribution in [0.5, 0.6) is 0 Å². The molecule has 0 atom stereocenters. The number of nitrogens with zero attached hydrogens (tertiary/aromatic N) is 4. The molecule has 0 saturated heterocycles. The molecular weight excluding hydrogens is 475 g/mol. The van der Waals surface area contributed by atoms with Crippen molar-refractivity contribution in [1.29, 1.82) is 0 Å². The molecule has 2 heterocycles. The molecule has 0 radical (unpaired) electrons. The number of aromatic nitrogens is 3. The van der Waals surface area contributed by atoms with Gasteiger partial charge in [0.25, 0.3) is 0 Å². The molecule has 6 nitrogen and oxygen atoms in total. The predicted molar refractivity (Wildman–Crippen MR) is 130 cm³/mol. The molecule has 2 aromatic heterocycles. The van der Waals surface area contributed by atoms with Crippen molar-refractivity contribution in [2.75, 3.05) is 6.54 Å². The number of hydrogen-bond acceptors (Lipinski definition) is 3. The molecule has 0 unspecified atom stereocenters. The minimum absolute atomic E-state index is 0. The van der Waals surface area contributed by atoms with E-state index in [2.05, 4.69) is 47.4 Å². The van der Waals surface area contributed by atoms with Crippen molar-refractivity contribution < 1.29 is 0 Å². The molecule has 160 valence electrons. The third-order valence-corrected chi connectivity index (χ3v) is 5.70. The van der Waals surface area contributed by atoms with Gasteiger partial charge in [0, 0.05) is 31.2 Å². The van der Waals surface area contributed by atoms with Gasteiger partial charge in [-0.3, -0.25) is 4.57 Å². The van der Waals surface area contributed by atoms with Crippen molar-refractivity contribution in [1.82, 2.24) is 25.2 Å². The molecule has 0 bridgehead atoms. The van der Waals surface area contributed by atoms with Crippen LogP contribution in [0.1, 0.15) is 57.8 Å². The lowest BCUT2D eigenvalue weighted by Gasteiger charge is -2.32. The number of pyridine rings is 1. The van der Waals surface area contributed by atoms with E-state index in [1.807, 2.05) is 30.0 Å². The second-order valence-corrected chi connectivity index (χ2v) is 8.06. The second kappa shape index (κ2) is 11.5. The van der Waals surface area contributed by atoms with Crippen LogP contribution in [0.25, 0.3) is 5.82 Å². The fourth-order valence-electron chi connectivity index (χ4n) is 3.89. The van der Waals surface area contributed by atoms with Crippen molar-refractivity contribution in [3.05, 3.63) is 42.1 Å². The van der Waals surface area contributed by atoms with Crippen molar-refractivity contribution in [3.63, 3.8) is 0 Å². The molecule has 2 N–H and O–H groups in total. The molecule has 1 fully saturated rings. The first-order valence-corrected chi connectivity index (χ1v) is 10.6. The van der Waals surface area contributed by atoms with Gasteiger partial charge in [0.2, 0.25) is 0 Å². The van der Waals surface area contributed by atoms with Crippen LogP contribution in [0.4, 0.5) is 0 Å². The average molecular weight is 510 g/mol. The highest BCUT2D eigenvalue weighted by Crippen LogP contribution is 2.29. The van der Waals surface area contributed by atoms with E-state index in [1.165, 1.54) is 25.7 Å². The fraction of sp³-hybridized carbons (Fsp3) is 0.591. The summed E-state index contributed by atoms with van der Waals surface area (Å²) in [4.78, 5) is 13.6. The summed E-state index contributed by atoms with van der Waals surface area (Å²) in [6, 6.07) is 4.63. The van der Waals surface area contributed by atoms with Crippen LogP contribution >= 0.6 is 24.0 Å². The molecule has 7 heteroatoms. The number of imidazole rings is 1. The number of aliphatic imine (C=N–C) groups is 1. The molecule has 0 aromatic carbocycles. The standard InChI is InChI=1S/C22H34N6.HI/c1-5-23-22(27-20-9-7-19(8-10-20)16(2)3)26-15-18-6-11-21(25-14-18)28-13-12-24-17(28)4;/h6,11-14,16,19-20H,5,7-10,15H2,1-4H3,(H2,23,26,27);1H. The Morgan fingerprint density at radius 3 is 2.52 bits per heavy atom. The van der Waals surface area contributed by atoms with Gasteiger partial charge in [-0.25, -0.2) is 15.0 Å². The Bertz CT molecular complexity index is 760. The van der Waals surface area contributed by atoms with Crippen LogP contribution < -0.4 is 10.6 Å². The largest absolute Gasteiger partial charge is 0.357 e. The number of hydrogen-bond donors (Lipinski definition) is 2. The molecule has 0 spiro atoms. The predicted octanol–water partition coefficient (Wildman–Crippen LogP) is 4.46. The van der Waals surface area contributed by atoms with E-state index >= 15 is 0 Å². The number of aryl methyl sites for hydroxylation is 1. The smallest absolute Gasteiger partial charge is 0.191 e. The van der Waals surface area contributed by atoms with E-state index in [1.54, 1.807) is 6.20 Å². The molecule has 0 amide bonds. The van der Waals surface area contributed by atoms with E-state index in [0.29, 0.717) is 12.6 Å². The number of halogens is 1. The second-order valence-electron chi connectivity index (χ2n) is 8.06. The minimum atomic E-state index is 0. The summed E-state index contributed by atoms with van der Waals surface area (Å²) < 4.78 is 1.98. The van der Waals surface area contributed by atoms with Crippen molar-refractivity contribution in [2.24, 2.45) is 16.8 Å². The van der Waals surface area contributed by atoms with Gasteiger partial charge in [-0.1, -0.05) is 19.9 Å². The molecular formula is C22H35IN6. The van der Waals surface area contributed by atoms with Crippen LogP contribution in [-0.4, -0.2) is 33.1 Å². The molecule has 3 rings (SSSR count). The van der Waals surface area contributed by atoms with E-state index < -0.39 is 0 Å². The maximum Gasteiger partial charge on any atom is 0.191 e. The molecule has 0 aliphatic heterocycles. The zero-order chi connectivity index (χ0) is 19.9. The van der Waals surface area contributed by atoms with Crippen LogP contribution in [0.15, 0.2) is 35.7 Å². The van der Waals surface area contributed by atoms with Gasteiger partial charge in [0.1, 0.15) is 11.6 Å². The first kappa shape index (κ1) is 23.6. The Hall–Kier alpha value is -1.64. The van der Waals surface area contributed by atoms with Gasteiger partial charge in [0.05, 0.1) is 6.54 Å². The average Bonchev–Trinajstić information content (AvgIpc) is 3.13. The van der Waals surface area contributed by atoms with Crippen LogP contribution in [-0.2, 0) is 6.54 Å². The summed E-state index contributed by atoms with van der Waals surface area (Å²) >= 11 is 0. The van der Waals surface area contributed by atoms with Crippen LogP contribution in [0, 0.1) is 18.8 Å².